The lowest BCUT2D eigenvalue weighted by atomic mass is 10.1. The molecule has 4 heteroatoms. The monoisotopic (exact) mass is 532 g/mol. The lowest BCUT2D eigenvalue weighted by molar-refractivity contribution is 1.56. The SMILES string of the molecule is Brc1ccccc1-c1ccccc1Br.Clc1ccccc1-c1ccccc1Cl. The van der Waals surface area contributed by atoms with Gasteiger partial charge in [-0.15, -0.1) is 0 Å². The Balaban J connectivity index is 0.000000161. The van der Waals surface area contributed by atoms with Gasteiger partial charge in [-0.1, -0.05) is 128 Å². The van der Waals surface area contributed by atoms with Gasteiger partial charge < -0.3 is 0 Å². The van der Waals surface area contributed by atoms with E-state index in [9.17, 15) is 0 Å². The van der Waals surface area contributed by atoms with Crippen LogP contribution in [0.1, 0.15) is 0 Å². The van der Waals surface area contributed by atoms with Gasteiger partial charge in [-0.3, -0.25) is 0 Å². The Hall–Kier alpha value is -1.58. The molecule has 0 radical (unpaired) electrons. The highest BCUT2D eigenvalue weighted by Gasteiger charge is 2.05. The second-order valence-corrected chi connectivity index (χ2v) is 8.44. The first kappa shape index (κ1) is 21.1. The fraction of sp³-hybridized carbons (Fsp3) is 0. The van der Waals surface area contributed by atoms with Crippen molar-refractivity contribution in [2.75, 3.05) is 0 Å². The molecule has 0 aromatic heterocycles. The normalized spacial score (nSPS) is 10.1. The Labute approximate surface area is 192 Å². The molecular weight excluding hydrogens is 519 g/mol. The highest BCUT2D eigenvalue weighted by atomic mass is 79.9. The molecule has 0 aliphatic heterocycles. The van der Waals surface area contributed by atoms with Gasteiger partial charge >= 0.3 is 0 Å². The summed E-state index contributed by atoms with van der Waals surface area (Å²) in [4.78, 5) is 0. The van der Waals surface area contributed by atoms with Crippen molar-refractivity contribution in [1.29, 1.82) is 0 Å². The Morgan fingerprint density at radius 3 is 1.00 bits per heavy atom. The Morgan fingerprint density at radius 2 is 0.679 bits per heavy atom. The van der Waals surface area contributed by atoms with Crippen LogP contribution < -0.4 is 0 Å². The molecule has 0 spiro atoms. The Bertz CT molecular complexity index is 903. The zero-order valence-corrected chi connectivity index (χ0v) is 19.4. The van der Waals surface area contributed by atoms with Gasteiger partial charge in [0.05, 0.1) is 0 Å². The largest absolute Gasteiger partial charge is 0.0837 e. The van der Waals surface area contributed by atoms with Crippen molar-refractivity contribution in [3.05, 3.63) is 116 Å². The van der Waals surface area contributed by atoms with Gasteiger partial charge in [0, 0.05) is 30.1 Å². The average Bonchev–Trinajstić information content (AvgIpc) is 2.71. The van der Waals surface area contributed by atoms with Gasteiger partial charge in [-0.05, 0) is 35.4 Å². The zero-order valence-electron chi connectivity index (χ0n) is 14.7. The summed E-state index contributed by atoms with van der Waals surface area (Å²) >= 11 is 19.2. The van der Waals surface area contributed by atoms with E-state index in [0.717, 1.165) is 30.1 Å². The minimum Gasteiger partial charge on any atom is -0.0837 e. The molecule has 140 valence electrons. The van der Waals surface area contributed by atoms with E-state index in [-0.39, 0.29) is 0 Å². The summed E-state index contributed by atoms with van der Waals surface area (Å²) in [5, 5.41) is 1.45. The fourth-order valence-electron chi connectivity index (χ4n) is 2.72. The highest BCUT2D eigenvalue weighted by Crippen LogP contribution is 2.33. The van der Waals surface area contributed by atoms with Crippen LogP contribution in [-0.4, -0.2) is 0 Å². The molecule has 0 unspecified atom stereocenters. The van der Waals surface area contributed by atoms with Crippen molar-refractivity contribution in [2.45, 2.75) is 0 Å². The van der Waals surface area contributed by atoms with Gasteiger partial charge in [0.1, 0.15) is 0 Å². The van der Waals surface area contributed by atoms with Crippen LogP contribution in [0.5, 0.6) is 0 Å². The molecule has 28 heavy (non-hydrogen) atoms. The third kappa shape index (κ3) is 5.27. The molecule has 0 heterocycles. The number of halogens is 4. The zero-order chi connectivity index (χ0) is 19.9. The Morgan fingerprint density at radius 1 is 0.393 bits per heavy atom. The molecule has 0 bridgehead atoms. The van der Waals surface area contributed by atoms with Crippen LogP contribution in [0, 0.1) is 0 Å². The van der Waals surface area contributed by atoms with E-state index in [1.807, 2.05) is 72.8 Å². The van der Waals surface area contributed by atoms with Gasteiger partial charge in [-0.25, -0.2) is 0 Å². The molecule has 0 aliphatic carbocycles. The van der Waals surface area contributed by atoms with Crippen molar-refractivity contribution in [3.8, 4) is 22.3 Å². The summed E-state index contributed by atoms with van der Waals surface area (Å²) in [6.45, 7) is 0. The second kappa shape index (κ2) is 10.3. The first-order chi connectivity index (χ1) is 13.6. The molecule has 0 amide bonds. The van der Waals surface area contributed by atoms with Crippen LogP contribution in [-0.2, 0) is 0 Å². The number of benzene rings is 4. The van der Waals surface area contributed by atoms with E-state index in [1.165, 1.54) is 11.1 Å². The summed E-state index contributed by atoms with van der Waals surface area (Å²) in [6.07, 6.45) is 0. The minimum atomic E-state index is 0.723. The molecular formula is C24H16Br2Cl2. The lowest BCUT2D eigenvalue weighted by Crippen LogP contribution is -1.80. The number of rotatable bonds is 2. The van der Waals surface area contributed by atoms with Gasteiger partial charge in [0.25, 0.3) is 0 Å². The highest BCUT2D eigenvalue weighted by molar-refractivity contribution is 9.11. The van der Waals surface area contributed by atoms with E-state index in [2.05, 4.69) is 56.1 Å². The predicted molar refractivity (Wildman–Crippen MR) is 129 cm³/mol. The molecule has 0 aliphatic rings. The minimum absolute atomic E-state index is 0.723. The van der Waals surface area contributed by atoms with Crippen LogP contribution in [0.2, 0.25) is 10.0 Å². The first-order valence-electron chi connectivity index (χ1n) is 8.57. The van der Waals surface area contributed by atoms with E-state index >= 15 is 0 Å². The van der Waals surface area contributed by atoms with Crippen LogP contribution in [0.25, 0.3) is 22.3 Å². The topological polar surface area (TPSA) is 0 Å². The van der Waals surface area contributed by atoms with Crippen molar-refractivity contribution < 1.29 is 0 Å². The maximum atomic E-state index is 6.07. The van der Waals surface area contributed by atoms with Crippen LogP contribution in [0.3, 0.4) is 0 Å². The fourth-order valence-corrected chi connectivity index (χ4v) is 4.19. The van der Waals surface area contributed by atoms with E-state index < -0.39 is 0 Å². The summed E-state index contributed by atoms with van der Waals surface area (Å²) in [5.41, 5.74) is 4.36. The maximum absolute atomic E-state index is 6.07. The van der Waals surface area contributed by atoms with Crippen molar-refractivity contribution >= 4 is 55.1 Å². The molecule has 0 saturated heterocycles. The lowest BCUT2D eigenvalue weighted by Gasteiger charge is -2.06. The molecule has 0 fully saturated rings. The number of hydrogen-bond donors (Lipinski definition) is 0. The summed E-state index contributed by atoms with van der Waals surface area (Å²) < 4.78 is 2.24. The standard InChI is InChI=1S/C12H8Br2.C12H8Cl2/c2*13-11-7-3-1-5-9(11)10-6-2-4-8-12(10)14/h2*1-8H. The van der Waals surface area contributed by atoms with E-state index in [1.54, 1.807) is 0 Å². The quantitative estimate of drug-likeness (QED) is 0.240. The smallest absolute Gasteiger partial charge is 0.0484 e. The first-order valence-corrected chi connectivity index (χ1v) is 10.9. The van der Waals surface area contributed by atoms with Gasteiger partial charge in [-0.2, -0.15) is 0 Å². The predicted octanol–water partition coefficient (Wildman–Crippen LogP) is 9.54. The van der Waals surface area contributed by atoms with Crippen LogP contribution in [0.15, 0.2) is 106 Å². The van der Waals surface area contributed by atoms with Crippen LogP contribution in [0.4, 0.5) is 0 Å². The molecule has 0 N–H and O–H groups in total. The van der Waals surface area contributed by atoms with Gasteiger partial charge in [0.2, 0.25) is 0 Å². The number of hydrogen-bond acceptors (Lipinski definition) is 0. The molecule has 4 rings (SSSR count). The molecule has 4 aromatic carbocycles. The van der Waals surface area contributed by atoms with Crippen molar-refractivity contribution in [1.82, 2.24) is 0 Å². The summed E-state index contributed by atoms with van der Waals surface area (Å²) in [6, 6.07) is 31.8. The van der Waals surface area contributed by atoms with Crippen molar-refractivity contribution in [2.24, 2.45) is 0 Å². The summed E-state index contributed by atoms with van der Waals surface area (Å²) in [5.74, 6) is 0. The third-order valence-electron chi connectivity index (χ3n) is 4.08. The molecule has 4 aromatic rings. The average molecular weight is 535 g/mol. The molecule has 0 saturated carbocycles. The van der Waals surface area contributed by atoms with Crippen molar-refractivity contribution in [3.63, 3.8) is 0 Å². The Kier molecular flexibility index (Phi) is 7.75. The third-order valence-corrected chi connectivity index (χ3v) is 6.12. The van der Waals surface area contributed by atoms with Crippen LogP contribution >= 0.6 is 55.1 Å². The summed E-state index contributed by atoms with van der Waals surface area (Å²) in [7, 11) is 0. The van der Waals surface area contributed by atoms with E-state index in [0.29, 0.717) is 0 Å². The maximum Gasteiger partial charge on any atom is 0.0484 e. The van der Waals surface area contributed by atoms with E-state index in [4.69, 9.17) is 23.2 Å². The van der Waals surface area contributed by atoms with Gasteiger partial charge in [0.15, 0.2) is 0 Å². The molecule has 0 nitrogen and oxygen atoms in total. The second-order valence-electron chi connectivity index (χ2n) is 5.92. The molecule has 0 atom stereocenters.